The number of Topliss-reactive ketones (excluding diaryl/α,β-unsaturated/α-hetero) is 1. The van der Waals surface area contributed by atoms with Gasteiger partial charge in [-0.25, -0.2) is 0 Å². The summed E-state index contributed by atoms with van der Waals surface area (Å²) in [6.45, 7) is 2.75. The van der Waals surface area contributed by atoms with Crippen LogP contribution in [0.25, 0.3) is 0 Å². The van der Waals surface area contributed by atoms with E-state index in [0.29, 0.717) is 30.1 Å². The summed E-state index contributed by atoms with van der Waals surface area (Å²) in [5.74, 6) is 0.319. The van der Waals surface area contributed by atoms with Crippen LogP contribution in [0.15, 0.2) is 66.9 Å². The van der Waals surface area contributed by atoms with Crippen LogP contribution in [-0.4, -0.2) is 24.1 Å². The first kappa shape index (κ1) is 16.8. The number of ketones is 1. The first-order valence-corrected chi connectivity index (χ1v) is 7.45. The lowest BCUT2D eigenvalue weighted by molar-refractivity contribution is 0.0747. The van der Waals surface area contributed by atoms with Crippen LogP contribution in [0.1, 0.15) is 28.9 Å². The van der Waals surface area contributed by atoms with Crippen molar-refractivity contribution < 1.29 is 19.4 Å². The Morgan fingerprint density at radius 2 is 1.78 bits per heavy atom. The predicted molar refractivity (Wildman–Crippen MR) is 88.4 cm³/mol. The van der Waals surface area contributed by atoms with Gasteiger partial charge in [0.25, 0.3) is 0 Å². The Kier molecular flexibility index (Phi) is 6.39. The van der Waals surface area contributed by atoms with Gasteiger partial charge in [-0.3, -0.25) is 4.79 Å². The number of ether oxygens (including phenoxy) is 2. The monoisotopic (exact) mass is 312 g/mol. The molecule has 0 aliphatic heterocycles. The van der Waals surface area contributed by atoms with E-state index in [0.717, 1.165) is 0 Å². The minimum absolute atomic E-state index is 0.334. The maximum absolute atomic E-state index is 12.3. The van der Waals surface area contributed by atoms with Gasteiger partial charge in [-0.05, 0) is 36.8 Å². The van der Waals surface area contributed by atoms with Gasteiger partial charge in [0.05, 0.1) is 6.26 Å². The highest BCUT2D eigenvalue weighted by Crippen LogP contribution is 2.20. The number of carbonyl (C=O) groups excluding carboxylic acids is 1. The van der Waals surface area contributed by atoms with Gasteiger partial charge in [0, 0.05) is 5.56 Å². The summed E-state index contributed by atoms with van der Waals surface area (Å²) in [7, 11) is 0. The number of aliphatic hydroxyl groups is 1. The van der Waals surface area contributed by atoms with E-state index in [-0.39, 0.29) is 5.78 Å². The van der Waals surface area contributed by atoms with E-state index < -0.39 is 6.10 Å². The molecule has 0 aliphatic carbocycles. The largest absolute Gasteiger partial charge is 0.498 e. The lowest BCUT2D eigenvalue weighted by Gasteiger charge is -2.11. The Morgan fingerprint density at radius 1 is 1.09 bits per heavy atom. The van der Waals surface area contributed by atoms with E-state index in [1.54, 1.807) is 60.9 Å². The van der Waals surface area contributed by atoms with Crippen molar-refractivity contribution in [3.63, 3.8) is 0 Å². The van der Waals surface area contributed by atoms with E-state index in [9.17, 15) is 9.90 Å². The van der Waals surface area contributed by atoms with Crippen LogP contribution in [-0.2, 0) is 4.74 Å². The average Bonchev–Trinajstić information content (AvgIpc) is 2.61. The molecule has 0 radical (unpaired) electrons. The zero-order valence-corrected chi connectivity index (χ0v) is 13.0. The maximum atomic E-state index is 12.3. The Labute approximate surface area is 136 Å². The molecule has 2 aromatic rings. The number of rotatable bonds is 8. The Hall–Kier alpha value is -2.59. The van der Waals surface area contributed by atoms with Gasteiger partial charge in [-0.15, -0.1) is 0 Å². The molecule has 0 bridgehead atoms. The summed E-state index contributed by atoms with van der Waals surface area (Å²) < 4.78 is 10.7. The zero-order chi connectivity index (χ0) is 16.5. The van der Waals surface area contributed by atoms with Crippen LogP contribution in [0.5, 0.6) is 5.75 Å². The van der Waals surface area contributed by atoms with E-state index in [1.807, 2.05) is 13.0 Å². The molecule has 0 saturated heterocycles. The fourth-order valence-electron chi connectivity index (χ4n) is 2.03. The maximum Gasteiger partial charge on any atom is 0.195 e. The topological polar surface area (TPSA) is 55.8 Å². The van der Waals surface area contributed by atoms with Crippen molar-refractivity contribution in [2.24, 2.45) is 0 Å². The molecular weight excluding hydrogens is 292 g/mol. The molecular formula is C19H20O4. The van der Waals surface area contributed by atoms with Crippen LogP contribution < -0.4 is 4.74 Å². The molecule has 1 N–H and O–H groups in total. The van der Waals surface area contributed by atoms with Crippen LogP contribution in [0.4, 0.5) is 0 Å². The van der Waals surface area contributed by atoms with Gasteiger partial charge in [0.15, 0.2) is 5.78 Å². The van der Waals surface area contributed by atoms with Crippen molar-refractivity contribution in [3.05, 3.63) is 78.1 Å². The minimum Gasteiger partial charge on any atom is -0.498 e. The fraction of sp³-hybridized carbons (Fsp3) is 0.211. The van der Waals surface area contributed by atoms with Crippen molar-refractivity contribution in [1.82, 2.24) is 0 Å². The van der Waals surface area contributed by atoms with Crippen molar-refractivity contribution >= 4 is 5.78 Å². The van der Waals surface area contributed by atoms with Crippen molar-refractivity contribution in [2.45, 2.75) is 13.0 Å². The van der Waals surface area contributed by atoms with E-state index in [1.165, 1.54) is 0 Å². The van der Waals surface area contributed by atoms with Gasteiger partial charge in [0.1, 0.15) is 25.1 Å². The second-order valence-corrected chi connectivity index (χ2v) is 4.89. The highest BCUT2D eigenvalue weighted by molar-refractivity contribution is 5.99. The number of hydrogen-bond donors (Lipinski definition) is 1. The third-order valence-corrected chi connectivity index (χ3v) is 3.20. The SMILES string of the molecule is CC=COCCOc1ccc(C(=O)C(O)c2ccccc2)cc1. The van der Waals surface area contributed by atoms with Crippen molar-refractivity contribution in [3.8, 4) is 5.75 Å². The summed E-state index contributed by atoms with van der Waals surface area (Å²) in [4.78, 5) is 12.3. The molecule has 4 nitrogen and oxygen atoms in total. The van der Waals surface area contributed by atoms with E-state index in [2.05, 4.69) is 0 Å². The molecule has 0 amide bonds. The van der Waals surface area contributed by atoms with Crippen molar-refractivity contribution in [1.29, 1.82) is 0 Å². The lowest BCUT2D eigenvalue weighted by atomic mass is 10.00. The Morgan fingerprint density at radius 3 is 2.43 bits per heavy atom. The molecule has 2 aromatic carbocycles. The standard InChI is InChI=1S/C19H20O4/c1-2-12-22-13-14-23-17-10-8-16(9-11-17)19(21)18(20)15-6-4-3-5-7-15/h2-12,18,20H,13-14H2,1H3. The molecule has 120 valence electrons. The Bertz CT molecular complexity index is 632. The molecule has 23 heavy (non-hydrogen) atoms. The highest BCUT2D eigenvalue weighted by Gasteiger charge is 2.18. The summed E-state index contributed by atoms with van der Waals surface area (Å²) in [6.07, 6.45) is 2.26. The van der Waals surface area contributed by atoms with Gasteiger partial charge >= 0.3 is 0 Å². The molecule has 1 unspecified atom stereocenters. The average molecular weight is 312 g/mol. The van der Waals surface area contributed by atoms with Gasteiger partial charge in [0.2, 0.25) is 0 Å². The first-order chi connectivity index (χ1) is 11.2. The summed E-state index contributed by atoms with van der Waals surface area (Å²) in [6, 6.07) is 15.6. The molecule has 0 aromatic heterocycles. The number of aliphatic hydroxyl groups excluding tert-OH is 1. The zero-order valence-electron chi connectivity index (χ0n) is 13.0. The third-order valence-electron chi connectivity index (χ3n) is 3.20. The number of allylic oxidation sites excluding steroid dienone is 1. The number of benzene rings is 2. The van der Waals surface area contributed by atoms with E-state index in [4.69, 9.17) is 9.47 Å². The van der Waals surface area contributed by atoms with Crippen LogP contribution in [0, 0.1) is 0 Å². The lowest BCUT2D eigenvalue weighted by Crippen LogP contribution is -2.12. The van der Waals surface area contributed by atoms with Gasteiger partial charge in [-0.2, -0.15) is 0 Å². The second-order valence-electron chi connectivity index (χ2n) is 4.89. The molecule has 0 heterocycles. The van der Waals surface area contributed by atoms with E-state index >= 15 is 0 Å². The van der Waals surface area contributed by atoms with Crippen LogP contribution >= 0.6 is 0 Å². The Balaban J connectivity index is 1.92. The van der Waals surface area contributed by atoms with Gasteiger partial charge < -0.3 is 14.6 Å². The second kappa shape index (κ2) is 8.76. The van der Waals surface area contributed by atoms with Crippen molar-refractivity contribution in [2.75, 3.05) is 13.2 Å². The molecule has 0 fully saturated rings. The molecule has 4 heteroatoms. The third kappa shape index (κ3) is 4.97. The predicted octanol–water partition coefficient (Wildman–Crippen LogP) is 3.53. The quantitative estimate of drug-likeness (QED) is 0.460. The fourth-order valence-corrected chi connectivity index (χ4v) is 2.03. The number of carbonyl (C=O) groups is 1. The normalized spacial score (nSPS) is 12.1. The van der Waals surface area contributed by atoms with Crippen LogP contribution in [0.3, 0.4) is 0 Å². The molecule has 0 saturated carbocycles. The summed E-state index contributed by atoms with van der Waals surface area (Å²) >= 11 is 0. The minimum atomic E-state index is -1.16. The summed E-state index contributed by atoms with van der Waals surface area (Å²) in [5, 5.41) is 10.1. The summed E-state index contributed by atoms with van der Waals surface area (Å²) in [5.41, 5.74) is 1.03. The molecule has 0 aliphatic rings. The molecule has 1 atom stereocenters. The highest BCUT2D eigenvalue weighted by atomic mass is 16.5. The van der Waals surface area contributed by atoms with Crippen LogP contribution in [0.2, 0.25) is 0 Å². The molecule has 2 rings (SSSR count). The number of hydrogen-bond acceptors (Lipinski definition) is 4. The smallest absolute Gasteiger partial charge is 0.195 e. The molecule has 0 spiro atoms. The van der Waals surface area contributed by atoms with Gasteiger partial charge in [-0.1, -0.05) is 36.4 Å². The first-order valence-electron chi connectivity index (χ1n) is 7.45.